The van der Waals surface area contributed by atoms with Crippen molar-refractivity contribution < 1.29 is 8.42 Å². The average Bonchev–Trinajstić information content (AvgIpc) is 3.03. The van der Waals surface area contributed by atoms with Gasteiger partial charge in [0.1, 0.15) is 0 Å². The zero-order valence-electron chi connectivity index (χ0n) is 14.1. The van der Waals surface area contributed by atoms with E-state index in [2.05, 4.69) is 14.8 Å². The summed E-state index contributed by atoms with van der Waals surface area (Å²) in [4.78, 5) is 4.12. The molecule has 0 saturated carbocycles. The Morgan fingerprint density at radius 1 is 1.15 bits per heavy atom. The summed E-state index contributed by atoms with van der Waals surface area (Å²) >= 11 is 0. The number of sulfonamides is 1. The van der Waals surface area contributed by atoms with Gasteiger partial charge in [-0.2, -0.15) is 10.4 Å². The summed E-state index contributed by atoms with van der Waals surface area (Å²) in [6.07, 6.45) is 3.41. The van der Waals surface area contributed by atoms with Crippen LogP contribution < -0.4 is 4.72 Å². The molecule has 132 valence electrons. The highest BCUT2D eigenvalue weighted by Gasteiger charge is 2.14. The fourth-order valence-electron chi connectivity index (χ4n) is 2.48. The van der Waals surface area contributed by atoms with Crippen LogP contribution in [0.2, 0.25) is 0 Å². The molecule has 7 nitrogen and oxygen atoms in total. The maximum atomic E-state index is 12.3. The van der Waals surface area contributed by atoms with E-state index in [4.69, 9.17) is 5.26 Å². The lowest BCUT2D eigenvalue weighted by Crippen LogP contribution is -2.28. The van der Waals surface area contributed by atoms with Gasteiger partial charge in [0.05, 0.1) is 28.8 Å². The molecule has 2 aromatic heterocycles. The topological polar surface area (TPSA) is 101 Å². The smallest absolute Gasteiger partial charge is 0.240 e. The van der Waals surface area contributed by atoms with Gasteiger partial charge in [-0.25, -0.2) is 13.1 Å². The maximum Gasteiger partial charge on any atom is 0.240 e. The Bertz CT molecular complexity index is 1040. The highest BCUT2D eigenvalue weighted by Crippen LogP contribution is 2.17. The summed E-state index contributed by atoms with van der Waals surface area (Å²) in [5.41, 5.74) is 3.13. The monoisotopic (exact) mass is 367 g/mol. The van der Waals surface area contributed by atoms with Crippen molar-refractivity contribution in [3.8, 4) is 17.3 Å². The van der Waals surface area contributed by atoms with Crippen molar-refractivity contribution in [1.82, 2.24) is 19.5 Å². The molecule has 0 aliphatic carbocycles. The minimum absolute atomic E-state index is 0.131. The van der Waals surface area contributed by atoms with Crippen LogP contribution in [0.25, 0.3) is 11.3 Å². The fourth-order valence-corrected chi connectivity index (χ4v) is 3.50. The van der Waals surface area contributed by atoms with Gasteiger partial charge in [0.15, 0.2) is 0 Å². The standard InChI is InChI=1S/C18H17N5O2S/c1-14-12-18(16-6-8-20-9-7-16)22-23(14)11-10-21-26(24,25)17-4-2-15(13-19)3-5-17/h2-9,12,21H,10-11H2,1H3. The number of hydrogen-bond donors (Lipinski definition) is 1. The van der Waals surface area contributed by atoms with Crippen LogP contribution in [0.15, 0.2) is 59.8 Å². The van der Waals surface area contributed by atoms with E-state index in [-0.39, 0.29) is 11.4 Å². The second-order valence-electron chi connectivity index (χ2n) is 5.66. The highest BCUT2D eigenvalue weighted by atomic mass is 32.2. The number of benzene rings is 1. The van der Waals surface area contributed by atoms with Crippen molar-refractivity contribution in [2.45, 2.75) is 18.4 Å². The van der Waals surface area contributed by atoms with Crippen LogP contribution in [-0.4, -0.2) is 29.7 Å². The van der Waals surface area contributed by atoms with Crippen LogP contribution >= 0.6 is 0 Å². The molecule has 3 aromatic rings. The average molecular weight is 367 g/mol. The van der Waals surface area contributed by atoms with Gasteiger partial charge >= 0.3 is 0 Å². The van der Waals surface area contributed by atoms with Gasteiger partial charge in [0, 0.05) is 30.2 Å². The highest BCUT2D eigenvalue weighted by molar-refractivity contribution is 7.89. The van der Waals surface area contributed by atoms with Crippen molar-refractivity contribution in [3.05, 3.63) is 66.1 Å². The Labute approximate surface area is 152 Å². The molecule has 0 unspecified atom stereocenters. The third-order valence-corrected chi connectivity index (χ3v) is 5.34. The minimum atomic E-state index is -3.62. The van der Waals surface area contributed by atoms with Gasteiger partial charge in [-0.3, -0.25) is 9.67 Å². The molecule has 2 heterocycles. The fraction of sp³-hybridized carbons (Fsp3) is 0.167. The predicted molar refractivity (Wildman–Crippen MR) is 96.5 cm³/mol. The lowest BCUT2D eigenvalue weighted by Gasteiger charge is -2.08. The van der Waals surface area contributed by atoms with Crippen LogP contribution in [0.3, 0.4) is 0 Å². The van der Waals surface area contributed by atoms with Crippen molar-refractivity contribution in [2.24, 2.45) is 0 Å². The SMILES string of the molecule is Cc1cc(-c2ccncc2)nn1CCNS(=O)(=O)c1ccc(C#N)cc1. The van der Waals surface area contributed by atoms with E-state index in [0.717, 1.165) is 17.0 Å². The molecule has 0 amide bonds. The minimum Gasteiger partial charge on any atom is -0.268 e. The number of hydrogen-bond acceptors (Lipinski definition) is 5. The summed E-state index contributed by atoms with van der Waals surface area (Å²) < 4.78 is 28.9. The van der Waals surface area contributed by atoms with E-state index in [1.54, 1.807) is 17.1 Å². The molecule has 0 atom stereocenters. The lowest BCUT2D eigenvalue weighted by atomic mass is 10.2. The molecule has 0 fully saturated rings. The maximum absolute atomic E-state index is 12.3. The summed E-state index contributed by atoms with van der Waals surface area (Å²) in [5, 5.41) is 13.3. The first kappa shape index (κ1) is 17.8. The van der Waals surface area contributed by atoms with E-state index in [9.17, 15) is 8.42 Å². The van der Waals surface area contributed by atoms with Crippen LogP contribution in [0.5, 0.6) is 0 Å². The van der Waals surface area contributed by atoms with Crippen molar-refractivity contribution >= 4 is 10.0 Å². The van der Waals surface area contributed by atoms with E-state index in [1.165, 1.54) is 24.3 Å². The van der Waals surface area contributed by atoms with Gasteiger partial charge in [-0.05, 0) is 49.4 Å². The molecule has 1 aromatic carbocycles. The van der Waals surface area contributed by atoms with E-state index >= 15 is 0 Å². The quantitative estimate of drug-likeness (QED) is 0.719. The van der Waals surface area contributed by atoms with Gasteiger partial charge in [0.2, 0.25) is 10.0 Å². The van der Waals surface area contributed by atoms with Crippen LogP contribution in [-0.2, 0) is 16.6 Å². The van der Waals surface area contributed by atoms with E-state index in [0.29, 0.717) is 12.1 Å². The third kappa shape index (κ3) is 3.96. The molecule has 0 aliphatic heterocycles. The molecule has 26 heavy (non-hydrogen) atoms. The van der Waals surface area contributed by atoms with Gasteiger partial charge < -0.3 is 0 Å². The molecule has 0 bridgehead atoms. The van der Waals surface area contributed by atoms with Gasteiger partial charge in [-0.15, -0.1) is 0 Å². The number of nitrogens with zero attached hydrogens (tertiary/aromatic N) is 4. The van der Waals surface area contributed by atoms with E-state index in [1.807, 2.05) is 31.2 Å². The predicted octanol–water partition coefficient (Wildman–Crippen LogP) is 2.10. The Morgan fingerprint density at radius 3 is 2.50 bits per heavy atom. The zero-order chi connectivity index (χ0) is 18.6. The summed E-state index contributed by atoms with van der Waals surface area (Å²) in [6, 6.07) is 13.5. The zero-order valence-corrected chi connectivity index (χ0v) is 14.9. The summed E-state index contributed by atoms with van der Waals surface area (Å²) in [7, 11) is -3.62. The molecular formula is C18H17N5O2S. The summed E-state index contributed by atoms with van der Waals surface area (Å²) in [6.45, 7) is 2.54. The summed E-state index contributed by atoms with van der Waals surface area (Å²) in [5.74, 6) is 0. The number of aromatic nitrogens is 3. The van der Waals surface area contributed by atoms with Crippen molar-refractivity contribution in [2.75, 3.05) is 6.54 Å². The molecule has 3 rings (SSSR count). The largest absolute Gasteiger partial charge is 0.268 e. The molecule has 8 heteroatoms. The molecule has 1 N–H and O–H groups in total. The van der Waals surface area contributed by atoms with Gasteiger partial charge in [-0.1, -0.05) is 0 Å². The third-order valence-electron chi connectivity index (χ3n) is 3.87. The Kier molecular flexibility index (Phi) is 5.11. The first-order chi connectivity index (χ1) is 12.5. The van der Waals surface area contributed by atoms with Crippen LogP contribution in [0, 0.1) is 18.3 Å². The number of pyridine rings is 1. The van der Waals surface area contributed by atoms with Crippen LogP contribution in [0.1, 0.15) is 11.3 Å². The Hall–Kier alpha value is -3.02. The Morgan fingerprint density at radius 2 is 1.85 bits per heavy atom. The first-order valence-electron chi connectivity index (χ1n) is 7.94. The van der Waals surface area contributed by atoms with E-state index < -0.39 is 10.0 Å². The number of nitrogens with one attached hydrogen (secondary N) is 1. The lowest BCUT2D eigenvalue weighted by molar-refractivity contribution is 0.556. The normalized spacial score (nSPS) is 11.2. The number of nitriles is 1. The molecule has 0 radical (unpaired) electrons. The second-order valence-corrected chi connectivity index (χ2v) is 7.43. The Balaban J connectivity index is 1.66. The second kappa shape index (κ2) is 7.47. The molecular weight excluding hydrogens is 350 g/mol. The first-order valence-corrected chi connectivity index (χ1v) is 9.42. The molecule has 0 spiro atoms. The van der Waals surface area contributed by atoms with Crippen molar-refractivity contribution in [1.29, 1.82) is 5.26 Å². The molecule has 0 saturated heterocycles. The van der Waals surface area contributed by atoms with Crippen molar-refractivity contribution in [3.63, 3.8) is 0 Å². The number of aryl methyl sites for hydroxylation is 1. The number of rotatable bonds is 6. The van der Waals surface area contributed by atoms with Gasteiger partial charge in [0.25, 0.3) is 0 Å². The molecule has 0 aliphatic rings. The van der Waals surface area contributed by atoms with Crippen LogP contribution in [0.4, 0.5) is 0 Å².